The van der Waals surface area contributed by atoms with E-state index in [4.69, 9.17) is 42.2 Å². The molecule has 0 atom stereocenters. The van der Waals surface area contributed by atoms with E-state index >= 15 is 0 Å². The summed E-state index contributed by atoms with van der Waals surface area (Å²) in [5.74, 6) is 0. The van der Waals surface area contributed by atoms with Gasteiger partial charge in [-0.15, -0.1) is 0 Å². The summed E-state index contributed by atoms with van der Waals surface area (Å²) in [6.45, 7) is 0. The first-order valence-electron chi connectivity index (χ1n) is 1.84. The van der Waals surface area contributed by atoms with Gasteiger partial charge in [0.15, 0.2) is 0 Å². The van der Waals surface area contributed by atoms with E-state index in [1.807, 2.05) is 0 Å². The van der Waals surface area contributed by atoms with Gasteiger partial charge in [-0.2, -0.15) is 0 Å². The van der Waals surface area contributed by atoms with Crippen molar-refractivity contribution in [2.75, 3.05) is 0 Å². The predicted molar refractivity (Wildman–Crippen MR) is 25.1 cm³/mol. The Morgan fingerprint density at radius 2 is 0.571 bits per heavy atom. The maximum atomic E-state index is 8.52. The standard InChI is InChI=1S/3O3Si.Sr.Ti/c3*1-4(2)3;;/q3*-2;+2;+4. The van der Waals surface area contributed by atoms with Crippen LogP contribution in [0.25, 0.3) is 0 Å². The molecular formula is O9Si3SrTi. The molecule has 0 fully saturated rings. The van der Waals surface area contributed by atoms with Crippen molar-refractivity contribution in [3.8, 4) is 0 Å². The van der Waals surface area contributed by atoms with E-state index < -0.39 is 27.5 Å². The first kappa shape index (κ1) is 29.4. The molecule has 72 valence electrons. The van der Waals surface area contributed by atoms with E-state index in [2.05, 4.69) is 0 Å². The summed E-state index contributed by atoms with van der Waals surface area (Å²) in [7, 11) is -10.9. The Kier molecular flexibility index (Phi) is 49.8. The first-order valence-corrected chi connectivity index (χ1v) is 5.51. The van der Waals surface area contributed by atoms with Gasteiger partial charge in [0, 0.05) is 27.5 Å². The third-order valence-corrected chi connectivity index (χ3v) is 0. The summed E-state index contributed by atoms with van der Waals surface area (Å²) in [4.78, 5) is 51.1. The summed E-state index contributed by atoms with van der Waals surface area (Å²) in [5, 5.41) is 0. The van der Waals surface area contributed by atoms with Gasteiger partial charge in [0.1, 0.15) is 0 Å². The van der Waals surface area contributed by atoms with Gasteiger partial charge in [-0.25, -0.2) is 0 Å². The van der Waals surface area contributed by atoms with Crippen LogP contribution in [0.2, 0.25) is 0 Å². The molecule has 9 nitrogen and oxygen atoms in total. The molecule has 0 aromatic heterocycles. The molecule has 0 N–H and O–H groups in total. The zero-order chi connectivity index (χ0) is 10.7. The molecule has 14 heteroatoms. The van der Waals surface area contributed by atoms with Gasteiger partial charge in [-0.05, 0) is 0 Å². The minimum atomic E-state index is -3.63. The van der Waals surface area contributed by atoms with Crippen LogP contribution >= 0.6 is 0 Å². The van der Waals surface area contributed by atoms with Crippen LogP contribution in [0.4, 0.5) is 0 Å². The SMILES string of the molecule is O=[Si]([O-])[O-].O=[Si]([O-])[O-].O=[Si]([O-])[O-].[Sr+2].[Ti+4]. The topological polar surface area (TPSA) is 190 Å². The van der Waals surface area contributed by atoms with Crippen molar-refractivity contribution in [3.05, 3.63) is 0 Å². The Labute approximate surface area is 135 Å². The summed E-state index contributed by atoms with van der Waals surface area (Å²) in [6.07, 6.45) is 0. The molecule has 0 radical (unpaired) electrons. The Balaban J connectivity index is -0.0000000270. The van der Waals surface area contributed by atoms with E-state index in [1.165, 1.54) is 0 Å². The second-order valence-electron chi connectivity index (χ2n) is 0.750. The van der Waals surface area contributed by atoms with Crippen LogP contribution in [-0.2, 0) is 35.1 Å². The van der Waals surface area contributed by atoms with Crippen molar-refractivity contribution < 1.29 is 63.9 Å². The van der Waals surface area contributed by atoms with Crippen LogP contribution in [0.5, 0.6) is 0 Å². The number of rotatable bonds is 0. The van der Waals surface area contributed by atoms with Crippen LogP contribution in [0.15, 0.2) is 0 Å². The molecule has 0 saturated heterocycles. The Morgan fingerprint density at radius 3 is 0.571 bits per heavy atom. The van der Waals surface area contributed by atoms with Crippen molar-refractivity contribution in [2.24, 2.45) is 0 Å². The third kappa shape index (κ3) is 1730. The summed E-state index contributed by atoms with van der Waals surface area (Å²) in [6, 6.07) is 0. The minimum absolute atomic E-state index is 0. The number of hydrogen-bond acceptors (Lipinski definition) is 9. The van der Waals surface area contributed by atoms with Crippen LogP contribution in [0, 0.1) is 0 Å². The van der Waals surface area contributed by atoms with Gasteiger partial charge < -0.3 is 42.2 Å². The van der Waals surface area contributed by atoms with E-state index in [0.717, 1.165) is 0 Å². The molecule has 0 aliphatic heterocycles. The quantitative estimate of drug-likeness (QED) is 0.376. The van der Waals surface area contributed by atoms with E-state index in [1.54, 1.807) is 0 Å². The van der Waals surface area contributed by atoms with E-state index in [9.17, 15) is 0 Å². The summed E-state index contributed by atoms with van der Waals surface area (Å²) in [5.41, 5.74) is 0. The molecule has 0 aliphatic carbocycles. The molecule has 0 unspecified atom stereocenters. The smallest absolute Gasteiger partial charge is 0.672 e. The minimum Gasteiger partial charge on any atom is -0.672 e. The zero-order valence-electron chi connectivity index (χ0n) is 6.38. The van der Waals surface area contributed by atoms with Crippen molar-refractivity contribution in [2.45, 2.75) is 0 Å². The fourth-order valence-electron chi connectivity index (χ4n) is 0. The number of hydrogen-bond donors (Lipinski definition) is 0. The Hall–Kier alpha value is 1.05. The van der Waals surface area contributed by atoms with Crippen LogP contribution < -0.4 is 28.8 Å². The van der Waals surface area contributed by atoms with Crippen molar-refractivity contribution >= 4 is 73.0 Å². The van der Waals surface area contributed by atoms with Crippen LogP contribution in [0.1, 0.15) is 0 Å². The fourth-order valence-corrected chi connectivity index (χ4v) is 0. The summed E-state index contributed by atoms with van der Waals surface area (Å²) < 4.78 is 25.6. The van der Waals surface area contributed by atoms with Gasteiger partial charge in [-0.3, -0.25) is 0 Å². The van der Waals surface area contributed by atoms with E-state index in [0.29, 0.717) is 0 Å². The molecule has 0 rings (SSSR count). The molecule has 14 heavy (non-hydrogen) atoms. The average Bonchev–Trinajstić information content (AvgIpc) is 1.54. The molecule has 0 aromatic carbocycles. The third-order valence-electron chi connectivity index (χ3n) is 0. The first-order chi connectivity index (χ1) is 5.20. The second kappa shape index (κ2) is 23.7. The molecule has 0 aromatic rings. The largest absolute Gasteiger partial charge is 4.00 e. The molecule has 0 bridgehead atoms. The molecule has 0 aliphatic rings. The van der Waals surface area contributed by atoms with Crippen molar-refractivity contribution in [3.63, 3.8) is 0 Å². The van der Waals surface area contributed by atoms with Gasteiger partial charge in [-0.1, -0.05) is 0 Å². The average molecular weight is 364 g/mol. The van der Waals surface area contributed by atoms with Crippen molar-refractivity contribution in [1.29, 1.82) is 0 Å². The predicted octanol–water partition coefficient (Wildman–Crippen LogP) is -9.02. The van der Waals surface area contributed by atoms with Gasteiger partial charge in [0.2, 0.25) is 0 Å². The molecule has 0 heterocycles. The maximum Gasteiger partial charge on any atom is 4.00 e. The molecule has 0 saturated carbocycles. The van der Waals surface area contributed by atoms with Crippen LogP contribution in [-0.4, -0.2) is 73.0 Å². The van der Waals surface area contributed by atoms with Crippen molar-refractivity contribution in [1.82, 2.24) is 0 Å². The molecular weight excluding hydrogens is 364 g/mol. The van der Waals surface area contributed by atoms with Gasteiger partial charge in [0.05, 0.1) is 0 Å². The molecule has 0 amide bonds. The fraction of sp³-hybridized carbons (Fsp3) is 0. The van der Waals surface area contributed by atoms with E-state index in [-0.39, 0.29) is 67.2 Å². The zero-order valence-corrected chi connectivity index (χ0v) is 14.4. The van der Waals surface area contributed by atoms with Gasteiger partial charge >= 0.3 is 67.2 Å². The molecule has 0 spiro atoms. The second-order valence-corrected chi connectivity index (χ2v) is 2.25. The monoisotopic (exact) mass is 364 g/mol. The van der Waals surface area contributed by atoms with Crippen LogP contribution in [0.3, 0.4) is 0 Å². The Morgan fingerprint density at radius 1 is 0.571 bits per heavy atom. The Bertz CT molecular complexity index is 118. The maximum absolute atomic E-state index is 8.52. The van der Waals surface area contributed by atoms with Gasteiger partial charge in [0.25, 0.3) is 0 Å². The summed E-state index contributed by atoms with van der Waals surface area (Å²) >= 11 is 0. The normalized spacial score (nSPS) is 5.14.